The first-order chi connectivity index (χ1) is 10.3. The fraction of sp³-hybridized carbons (Fsp3) is 0.133. The Hall–Kier alpha value is -2.02. The van der Waals surface area contributed by atoms with Crippen molar-refractivity contribution in [2.45, 2.75) is 6.18 Å². The summed E-state index contributed by atoms with van der Waals surface area (Å²) in [6, 6.07) is 11.2. The second kappa shape index (κ2) is 6.83. The monoisotopic (exact) mass is 373 g/mol. The average molecular weight is 374 g/mol. The molecule has 0 heterocycles. The molecule has 0 spiro atoms. The van der Waals surface area contributed by atoms with Gasteiger partial charge in [-0.3, -0.25) is 4.79 Å². The number of ether oxygens (including phenoxy) is 1. The maximum absolute atomic E-state index is 12.4. The Kier molecular flexibility index (Phi) is 5.07. The van der Waals surface area contributed by atoms with E-state index in [0.29, 0.717) is 5.69 Å². The molecule has 7 heteroatoms. The summed E-state index contributed by atoms with van der Waals surface area (Å²) in [4.78, 5) is 11.7. The predicted octanol–water partition coefficient (Wildman–Crippen LogP) is 4.49. The van der Waals surface area contributed by atoms with Crippen molar-refractivity contribution in [3.8, 4) is 5.75 Å². The van der Waals surface area contributed by atoms with Gasteiger partial charge in [0.1, 0.15) is 5.75 Å². The molecule has 0 bridgehead atoms. The molecule has 1 amide bonds. The van der Waals surface area contributed by atoms with Gasteiger partial charge in [-0.15, -0.1) is 0 Å². The molecule has 3 nitrogen and oxygen atoms in total. The van der Waals surface area contributed by atoms with Crippen LogP contribution in [0.5, 0.6) is 5.75 Å². The average Bonchev–Trinajstić information content (AvgIpc) is 2.45. The van der Waals surface area contributed by atoms with Crippen molar-refractivity contribution in [2.24, 2.45) is 0 Å². The Balaban J connectivity index is 1.88. The molecule has 1 N–H and O–H groups in total. The Morgan fingerprint density at radius 2 is 1.82 bits per heavy atom. The van der Waals surface area contributed by atoms with E-state index < -0.39 is 17.6 Å². The van der Waals surface area contributed by atoms with Crippen LogP contribution in [-0.2, 0) is 11.0 Å². The van der Waals surface area contributed by atoms with Crippen LogP contribution in [0.1, 0.15) is 5.56 Å². The fourth-order valence-electron chi connectivity index (χ4n) is 1.65. The molecule has 2 aromatic carbocycles. The predicted molar refractivity (Wildman–Crippen MR) is 79.7 cm³/mol. The quantitative estimate of drug-likeness (QED) is 0.857. The fourth-order valence-corrected chi connectivity index (χ4v) is 2.05. The van der Waals surface area contributed by atoms with Gasteiger partial charge in [0.05, 0.1) is 5.56 Å². The van der Waals surface area contributed by atoms with E-state index in [1.54, 1.807) is 18.2 Å². The molecule has 2 rings (SSSR count). The van der Waals surface area contributed by atoms with Gasteiger partial charge in [0.15, 0.2) is 6.61 Å². The molecule has 116 valence electrons. The van der Waals surface area contributed by atoms with E-state index in [1.165, 1.54) is 12.1 Å². The van der Waals surface area contributed by atoms with Gasteiger partial charge < -0.3 is 10.1 Å². The highest BCUT2D eigenvalue weighted by molar-refractivity contribution is 9.10. The molecule has 0 aliphatic carbocycles. The number of carbonyl (C=O) groups excluding carboxylic acids is 1. The smallest absolute Gasteiger partial charge is 0.416 e. The van der Waals surface area contributed by atoms with Gasteiger partial charge in [-0.2, -0.15) is 13.2 Å². The number of nitrogens with one attached hydrogen (secondary N) is 1. The van der Waals surface area contributed by atoms with Crippen LogP contribution in [0, 0.1) is 0 Å². The Morgan fingerprint density at radius 1 is 1.14 bits per heavy atom. The van der Waals surface area contributed by atoms with Crippen LogP contribution < -0.4 is 10.1 Å². The van der Waals surface area contributed by atoms with Crippen LogP contribution in [0.4, 0.5) is 18.9 Å². The van der Waals surface area contributed by atoms with E-state index in [4.69, 9.17) is 4.74 Å². The third kappa shape index (κ3) is 4.77. The summed E-state index contributed by atoms with van der Waals surface area (Å²) < 4.78 is 43.2. The molecule has 0 saturated heterocycles. The van der Waals surface area contributed by atoms with Crippen LogP contribution in [-0.4, -0.2) is 12.5 Å². The first kappa shape index (κ1) is 16.4. The van der Waals surface area contributed by atoms with E-state index in [-0.39, 0.29) is 12.4 Å². The van der Waals surface area contributed by atoms with Crippen molar-refractivity contribution >= 4 is 27.5 Å². The van der Waals surface area contributed by atoms with Gasteiger partial charge >= 0.3 is 6.18 Å². The van der Waals surface area contributed by atoms with Crippen molar-refractivity contribution in [1.82, 2.24) is 0 Å². The van der Waals surface area contributed by atoms with Gasteiger partial charge in [-0.25, -0.2) is 0 Å². The highest BCUT2D eigenvalue weighted by atomic mass is 79.9. The molecule has 2 aromatic rings. The zero-order valence-electron chi connectivity index (χ0n) is 11.2. The van der Waals surface area contributed by atoms with Gasteiger partial charge in [0, 0.05) is 10.2 Å². The van der Waals surface area contributed by atoms with E-state index in [9.17, 15) is 18.0 Å². The topological polar surface area (TPSA) is 38.3 Å². The molecule has 0 unspecified atom stereocenters. The van der Waals surface area contributed by atoms with Crippen molar-refractivity contribution in [2.75, 3.05) is 11.9 Å². The third-order valence-electron chi connectivity index (χ3n) is 2.66. The van der Waals surface area contributed by atoms with E-state index >= 15 is 0 Å². The maximum Gasteiger partial charge on any atom is 0.416 e. The summed E-state index contributed by atoms with van der Waals surface area (Å²) in [5.74, 6) is -0.213. The summed E-state index contributed by atoms with van der Waals surface area (Å²) in [5, 5.41) is 2.61. The lowest BCUT2D eigenvalue weighted by atomic mass is 10.2. The molecule has 0 aliphatic rings. The number of halogens is 4. The van der Waals surface area contributed by atoms with Crippen molar-refractivity contribution in [1.29, 1.82) is 0 Å². The Bertz CT molecular complexity index is 657. The molecule has 0 aliphatic heterocycles. The molecule has 0 atom stereocenters. The van der Waals surface area contributed by atoms with Crippen LogP contribution in [0.2, 0.25) is 0 Å². The highest BCUT2D eigenvalue weighted by Crippen LogP contribution is 2.30. The summed E-state index contributed by atoms with van der Waals surface area (Å²) in [6.07, 6.45) is -4.39. The van der Waals surface area contributed by atoms with Crippen LogP contribution in [0.25, 0.3) is 0 Å². The lowest BCUT2D eigenvalue weighted by molar-refractivity contribution is -0.137. The second-order valence-electron chi connectivity index (χ2n) is 4.37. The van der Waals surface area contributed by atoms with E-state index in [0.717, 1.165) is 16.6 Å². The summed E-state index contributed by atoms with van der Waals surface area (Å²) in [6.45, 7) is -0.294. The summed E-state index contributed by atoms with van der Waals surface area (Å²) in [5.41, 5.74) is -0.172. The summed E-state index contributed by atoms with van der Waals surface area (Å²) in [7, 11) is 0. The summed E-state index contributed by atoms with van der Waals surface area (Å²) >= 11 is 3.28. The number of benzene rings is 2. The molecular weight excluding hydrogens is 363 g/mol. The van der Waals surface area contributed by atoms with Gasteiger partial charge in [-0.05, 0) is 42.5 Å². The van der Waals surface area contributed by atoms with Crippen LogP contribution >= 0.6 is 15.9 Å². The van der Waals surface area contributed by atoms with Crippen LogP contribution in [0.3, 0.4) is 0 Å². The number of hydrogen-bond donors (Lipinski definition) is 1. The molecule has 0 saturated carbocycles. The number of hydrogen-bond acceptors (Lipinski definition) is 2. The van der Waals surface area contributed by atoms with Crippen molar-refractivity contribution in [3.63, 3.8) is 0 Å². The zero-order chi connectivity index (χ0) is 16.2. The lowest BCUT2D eigenvalue weighted by Crippen LogP contribution is -2.20. The number of rotatable bonds is 4. The van der Waals surface area contributed by atoms with Gasteiger partial charge in [0.2, 0.25) is 0 Å². The number of anilines is 1. The number of alkyl halides is 3. The van der Waals surface area contributed by atoms with E-state index in [1.807, 2.05) is 6.07 Å². The number of amides is 1. The SMILES string of the molecule is O=C(COc1ccc(C(F)(F)F)cc1)Nc1cccc(Br)c1. The molecule has 0 aromatic heterocycles. The lowest BCUT2D eigenvalue weighted by Gasteiger charge is -2.09. The third-order valence-corrected chi connectivity index (χ3v) is 3.15. The highest BCUT2D eigenvalue weighted by Gasteiger charge is 2.30. The largest absolute Gasteiger partial charge is 0.484 e. The maximum atomic E-state index is 12.4. The number of carbonyl (C=O) groups is 1. The standard InChI is InChI=1S/C15H11BrF3NO2/c16-11-2-1-3-12(8-11)20-14(21)9-22-13-6-4-10(5-7-13)15(17,18)19/h1-8H,9H2,(H,20,21). The molecule has 22 heavy (non-hydrogen) atoms. The minimum absolute atomic E-state index is 0.192. The van der Waals surface area contributed by atoms with Gasteiger partial charge in [0.25, 0.3) is 5.91 Å². The molecular formula is C15H11BrF3NO2. The normalized spacial score (nSPS) is 11.1. The zero-order valence-corrected chi connectivity index (χ0v) is 12.7. The minimum atomic E-state index is -4.39. The minimum Gasteiger partial charge on any atom is -0.484 e. The van der Waals surface area contributed by atoms with Crippen molar-refractivity contribution < 1.29 is 22.7 Å². The van der Waals surface area contributed by atoms with Gasteiger partial charge in [-0.1, -0.05) is 22.0 Å². The second-order valence-corrected chi connectivity index (χ2v) is 5.29. The Morgan fingerprint density at radius 3 is 2.41 bits per heavy atom. The molecule has 0 fully saturated rings. The molecule has 0 radical (unpaired) electrons. The first-order valence-corrected chi connectivity index (χ1v) is 6.99. The first-order valence-electron chi connectivity index (χ1n) is 6.20. The van der Waals surface area contributed by atoms with E-state index in [2.05, 4.69) is 21.2 Å². The van der Waals surface area contributed by atoms with Crippen molar-refractivity contribution in [3.05, 3.63) is 58.6 Å². The van der Waals surface area contributed by atoms with Crippen LogP contribution in [0.15, 0.2) is 53.0 Å². The Labute approximate surface area is 133 Å².